The monoisotopic (exact) mass is 403 g/mol. The van der Waals surface area contributed by atoms with E-state index in [1.165, 1.54) is 11.3 Å². The average Bonchev–Trinajstić information content (AvgIpc) is 3.11. The van der Waals surface area contributed by atoms with Crippen LogP contribution in [0.1, 0.15) is 38.3 Å². The highest BCUT2D eigenvalue weighted by molar-refractivity contribution is 7.80. The number of amides is 2. The molecule has 1 heterocycles. The van der Waals surface area contributed by atoms with Crippen LogP contribution in [0.3, 0.4) is 0 Å². The predicted molar refractivity (Wildman–Crippen MR) is 111 cm³/mol. The Labute approximate surface area is 167 Å². The van der Waals surface area contributed by atoms with Crippen molar-refractivity contribution in [2.45, 2.75) is 33.1 Å². The number of nitrogens with two attached hydrogens (primary N) is 1. The number of ether oxygens (including phenoxy) is 1. The second kappa shape index (κ2) is 8.06. The van der Waals surface area contributed by atoms with Gasteiger partial charge in [0.05, 0.1) is 5.56 Å². The summed E-state index contributed by atoms with van der Waals surface area (Å²) in [5.41, 5.74) is 9.13. The Morgan fingerprint density at radius 3 is 2.59 bits per heavy atom. The summed E-state index contributed by atoms with van der Waals surface area (Å²) in [6, 6.07) is 5.76. The molecule has 0 spiro atoms. The summed E-state index contributed by atoms with van der Waals surface area (Å²) in [4.78, 5) is 25.0. The third-order valence-corrected chi connectivity index (χ3v) is 5.62. The molecule has 2 aromatic rings. The van der Waals surface area contributed by atoms with Gasteiger partial charge in [0.1, 0.15) is 10.8 Å². The van der Waals surface area contributed by atoms with Gasteiger partial charge >= 0.3 is 0 Å². The number of hydrogen-bond donors (Lipinski definition) is 3. The van der Waals surface area contributed by atoms with Crippen LogP contribution in [0.15, 0.2) is 18.2 Å². The molecule has 142 valence electrons. The maximum absolute atomic E-state index is 12.1. The number of nitrogens with one attached hydrogen (secondary N) is 2. The zero-order valence-corrected chi connectivity index (χ0v) is 16.8. The van der Waals surface area contributed by atoms with E-state index in [2.05, 4.69) is 10.6 Å². The van der Waals surface area contributed by atoms with E-state index in [0.717, 1.165) is 40.8 Å². The largest absolute Gasteiger partial charge is 0.484 e. The highest BCUT2D eigenvalue weighted by Gasteiger charge is 2.25. The molecule has 0 unspecified atom stereocenters. The molecule has 1 aliphatic rings. The van der Waals surface area contributed by atoms with Crippen LogP contribution in [0.25, 0.3) is 0 Å². The van der Waals surface area contributed by atoms with Gasteiger partial charge in [0.15, 0.2) is 11.7 Å². The smallest absolute Gasteiger partial charge is 0.264 e. The number of carbonyl (C=O) groups excluding carboxylic acids is 2. The summed E-state index contributed by atoms with van der Waals surface area (Å²) in [6.45, 7) is 3.77. The molecule has 1 aromatic heterocycles. The number of thiophene rings is 1. The molecule has 27 heavy (non-hydrogen) atoms. The molecule has 0 bridgehead atoms. The van der Waals surface area contributed by atoms with Gasteiger partial charge in [-0.25, -0.2) is 0 Å². The number of aryl methyl sites for hydroxylation is 3. The first-order chi connectivity index (χ1) is 12.8. The number of thiocarbonyl (C=S) groups is 1. The standard InChI is InChI=1S/C19H21N3O3S2/c1-10-6-11(2)8-12(7-10)25-9-15(23)21-19(26)22-18-16(17(20)24)13-4-3-5-14(13)27-18/h6-8H,3-5,9H2,1-2H3,(H2,20,24)(H2,21,22,23,26). The van der Waals surface area contributed by atoms with Gasteiger partial charge in [-0.3, -0.25) is 14.9 Å². The van der Waals surface area contributed by atoms with E-state index in [-0.39, 0.29) is 17.6 Å². The number of carbonyl (C=O) groups is 2. The number of hydrogen-bond acceptors (Lipinski definition) is 5. The van der Waals surface area contributed by atoms with Crippen LogP contribution in [0.4, 0.5) is 5.00 Å². The molecule has 1 aromatic carbocycles. The van der Waals surface area contributed by atoms with Crippen LogP contribution in [-0.2, 0) is 17.6 Å². The first-order valence-electron chi connectivity index (χ1n) is 8.59. The van der Waals surface area contributed by atoms with E-state index in [0.29, 0.717) is 16.3 Å². The van der Waals surface area contributed by atoms with Crippen molar-refractivity contribution in [1.82, 2.24) is 5.32 Å². The summed E-state index contributed by atoms with van der Waals surface area (Å²) in [5.74, 6) is -0.229. The van der Waals surface area contributed by atoms with Crippen molar-refractivity contribution in [3.63, 3.8) is 0 Å². The molecule has 6 nitrogen and oxygen atoms in total. The molecule has 0 radical (unpaired) electrons. The van der Waals surface area contributed by atoms with Crippen molar-refractivity contribution in [2.24, 2.45) is 5.73 Å². The van der Waals surface area contributed by atoms with Gasteiger partial charge in [0.25, 0.3) is 11.8 Å². The summed E-state index contributed by atoms with van der Waals surface area (Å²) in [6.07, 6.45) is 2.80. The highest BCUT2D eigenvalue weighted by Crippen LogP contribution is 2.38. The summed E-state index contributed by atoms with van der Waals surface area (Å²) >= 11 is 6.66. The quantitative estimate of drug-likeness (QED) is 0.668. The minimum absolute atomic E-state index is 0.117. The maximum Gasteiger partial charge on any atom is 0.264 e. The molecule has 8 heteroatoms. The third-order valence-electron chi connectivity index (χ3n) is 4.21. The second-order valence-corrected chi connectivity index (χ2v) is 8.05. The molecule has 3 rings (SSSR count). The highest BCUT2D eigenvalue weighted by atomic mass is 32.1. The number of fused-ring (bicyclic) bond motifs is 1. The zero-order chi connectivity index (χ0) is 19.6. The Bertz CT molecular complexity index is 901. The van der Waals surface area contributed by atoms with Gasteiger partial charge in [-0.2, -0.15) is 0 Å². The molecular formula is C19H21N3O3S2. The van der Waals surface area contributed by atoms with E-state index in [9.17, 15) is 9.59 Å². The SMILES string of the molecule is Cc1cc(C)cc(OCC(=O)NC(=S)Nc2sc3c(c2C(N)=O)CCC3)c1. The van der Waals surface area contributed by atoms with E-state index in [1.807, 2.05) is 32.0 Å². The van der Waals surface area contributed by atoms with Gasteiger partial charge in [0.2, 0.25) is 0 Å². The Kier molecular flexibility index (Phi) is 5.76. The van der Waals surface area contributed by atoms with E-state index >= 15 is 0 Å². The van der Waals surface area contributed by atoms with Crippen molar-refractivity contribution >= 4 is 45.5 Å². The lowest BCUT2D eigenvalue weighted by Crippen LogP contribution is -2.37. The maximum atomic E-state index is 12.1. The minimum Gasteiger partial charge on any atom is -0.484 e. The molecule has 4 N–H and O–H groups in total. The van der Waals surface area contributed by atoms with E-state index in [4.69, 9.17) is 22.7 Å². The average molecular weight is 404 g/mol. The van der Waals surface area contributed by atoms with Crippen LogP contribution in [-0.4, -0.2) is 23.5 Å². The molecule has 0 fully saturated rings. The Balaban J connectivity index is 1.58. The fraction of sp³-hybridized carbons (Fsp3) is 0.316. The van der Waals surface area contributed by atoms with Crippen molar-refractivity contribution < 1.29 is 14.3 Å². The van der Waals surface area contributed by atoms with Crippen molar-refractivity contribution in [2.75, 3.05) is 11.9 Å². The summed E-state index contributed by atoms with van der Waals surface area (Å²) in [5, 5.41) is 6.21. The second-order valence-electron chi connectivity index (χ2n) is 6.54. The lowest BCUT2D eigenvalue weighted by atomic mass is 10.1. The van der Waals surface area contributed by atoms with Gasteiger partial charge in [0, 0.05) is 4.88 Å². The first kappa shape index (κ1) is 19.3. The molecule has 1 aliphatic carbocycles. The Morgan fingerprint density at radius 1 is 1.22 bits per heavy atom. The van der Waals surface area contributed by atoms with Gasteiger partial charge in [-0.1, -0.05) is 6.07 Å². The zero-order valence-electron chi connectivity index (χ0n) is 15.2. The van der Waals surface area contributed by atoms with Crippen molar-refractivity contribution in [3.05, 3.63) is 45.3 Å². The molecule has 0 saturated carbocycles. The topological polar surface area (TPSA) is 93.4 Å². The number of benzene rings is 1. The number of anilines is 1. The van der Waals surface area contributed by atoms with Crippen LogP contribution in [0, 0.1) is 13.8 Å². The van der Waals surface area contributed by atoms with Gasteiger partial charge < -0.3 is 15.8 Å². The molecule has 0 atom stereocenters. The van der Waals surface area contributed by atoms with Crippen LogP contribution in [0.5, 0.6) is 5.75 Å². The fourth-order valence-corrected chi connectivity index (χ4v) is 4.79. The molecular weight excluding hydrogens is 382 g/mol. The van der Waals surface area contributed by atoms with Crippen molar-refractivity contribution in [1.29, 1.82) is 0 Å². The van der Waals surface area contributed by atoms with Crippen LogP contribution in [0.2, 0.25) is 0 Å². The lowest BCUT2D eigenvalue weighted by Gasteiger charge is -2.11. The fourth-order valence-electron chi connectivity index (χ4n) is 3.22. The van der Waals surface area contributed by atoms with Gasteiger partial charge in [-0.15, -0.1) is 11.3 Å². The molecule has 0 saturated heterocycles. The molecule has 2 amide bonds. The summed E-state index contributed by atoms with van der Waals surface area (Å²) in [7, 11) is 0. The van der Waals surface area contributed by atoms with Crippen LogP contribution >= 0.6 is 23.6 Å². The predicted octanol–water partition coefficient (Wildman–Crippen LogP) is 2.84. The Morgan fingerprint density at radius 2 is 1.93 bits per heavy atom. The Hall–Kier alpha value is -2.45. The van der Waals surface area contributed by atoms with Crippen molar-refractivity contribution in [3.8, 4) is 5.75 Å². The number of rotatable bonds is 5. The van der Waals surface area contributed by atoms with Gasteiger partial charge in [-0.05, 0) is 74.2 Å². The number of primary amides is 1. The lowest BCUT2D eigenvalue weighted by molar-refractivity contribution is -0.121. The minimum atomic E-state index is -0.482. The van der Waals surface area contributed by atoms with E-state index in [1.54, 1.807) is 0 Å². The summed E-state index contributed by atoms with van der Waals surface area (Å²) < 4.78 is 5.52. The molecule has 0 aliphatic heterocycles. The van der Waals surface area contributed by atoms with E-state index < -0.39 is 5.91 Å². The van der Waals surface area contributed by atoms with Crippen LogP contribution < -0.4 is 21.1 Å². The normalized spacial score (nSPS) is 12.4. The third kappa shape index (κ3) is 4.64. The first-order valence-corrected chi connectivity index (χ1v) is 9.82.